The lowest BCUT2D eigenvalue weighted by Crippen LogP contribution is -2.43. The van der Waals surface area contributed by atoms with Gasteiger partial charge in [0.25, 0.3) is 5.91 Å². The molecule has 3 rings (SSSR count). The SMILES string of the molecule is C[C@@H](NC(=O)CN1C(=O)N[C@](C)(c2cccc(Br)c2)C1=O)c1ccccc1. The van der Waals surface area contributed by atoms with Gasteiger partial charge in [-0.25, -0.2) is 4.79 Å². The van der Waals surface area contributed by atoms with Crippen molar-refractivity contribution in [2.75, 3.05) is 6.54 Å². The summed E-state index contributed by atoms with van der Waals surface area (Å²) in [6, 6.07) is 15.9. The molecule has 7 heteroatoms. The van der Waals surface area contributed by atoms with Crippen molar-refractivity contribution in [2.24, 2.45) is 0 Å². The van der Waals surface area contributed by atoms with Gasteiger partial charge in [0.05, 0.1) is 6.04 Å². The molecule has 2 N–H and O–H groups in total. The van der Waals surface area contributed by atoms with Crippen molar-refractivity contribution in [2.45, 2.75) is 25.4 Å². The first-order chi connectivity index (χ1) is 12.8. The zero-order chi connectivity index (χ0) is 19.6. The Labute approximate surface area is 166 Å². The van der Waals surface area contributed by atoms with Gasteiger partial charge in [0.15, 0.2) is 0 Å². The number of benzene rings is 2. The Morgan fingerprint density at radius 1 is 1.19 bits per heavy atom. The van der Waals surface area contributed by atoms with Gasteiger partial charge in [0, 0.05) is 4.47 Å². The van der Waals surface area contributed by atoms with Crippen LogP contribution in [-0.2, 0) is 15.1 Å². The number of carbonyl (C=O) groups excluding carboxylic acids is 3. The molecule has 0 aliphatic carbocycles. The summed E-state index contributed by atoms with van der Waals surface area (Å²) in [6.07, 6.45) is 0. The molecule has 0 spiro atoms. The molecule has 0 saturated carbocycles. The third-order valence-electron chi connectivity index (χ3n) is 4.66. The number of urea groups is 1. The molecule has 2 aromatic carbocycles. The molecule has 1 saturated heterocycles. The van der Waals surface area contributed by atoms with Crippen molar-refractivity contribution in [1.82, 2.24) is 15.5 Å². The van der Waals surface area contributed by atoms with Crippen molar-refractivity contribution >= 4 is 33.8 Å². The van der Waals surface area contributed by atoms with Gasteiger partial charge in [0.1, 0.15) is 12.1 Å². The topological polar surface area (TPSA) is 78.5 Å². The Balaban J connectivity index is 1.71. The summed E-state index contributed by atoms with van der Waals surface area (Å²) < 4.78 is 0.802. The number of nitrogens with zero attached hydrogens (tertiary/aromatic N) is 1. The molecule has 6 nitrogen and oxygen atoms in total. The van der Waals surface area contributed by atoms with Crippen LogP contribution in [0.15, 0.2) is 59.1 Å². The van der Waals surface area contributed by atoms with E-state index in [0.717, 1.165) is 14.9 Å². The van der Waals surface area contributed by atoms with Gasteiger partial charge in [-0.1, -0.05) is 58.4 Å². The van der Waals surface area contributed by atoms with Gasteiger partial charge in [-0.15, -0.1) is 0 Å². The van der Waals surface area contributed by atoms with Crippen LogP contribution >= 0.6 is 15.9 Å². The average Bonchev–Trinajstić information content (AvgIpc) is 2.86. The third-order valence-corrected chi connectivity index (χ3v) is 5.15. The minimum absolute atomic E-state index is 0.226. The normalized spacial score (nSPS) is 20.3. The number of hydrogen-bond acceptors (Lipinski definition) is 3. The summed E-state index contributed by atoms with van der Waals surface area (Å²) in [5, 5.41) is 5.52. The fourth-order valence-electron chi connectivity index (χ4n) is 3.09. The molecule has 2 aromatic rings. The van der Waals surface area contributed by atoms with Crippen molar-refractivity contribution in [3.63, 3.8) is 0 Å². The van der Waals surface area contributed by atoms with Crippen LogP contribution in [0, 0.1) is 0 Å². The Hall–Kier alpha value is -2.67. The first-order valence-electron chi connectivity index (χ1n) is 8.56. The molecule has 1 aliphatic rings. The molecule has 2 atom stereocenters. The monoisotopic (exact) mass is 429 g/mol. The summed E-state index contributed by atoms with van der Waals surface area (Å²) in [5.74, 6) is -0.846. The minimum Gasteiger partial charge on any atom is -0.348 e. The van der Waals surface area contributed by atoms with Gasteiger partial charge >= 0.3 is 6.03 Å². The number of halogens is 1. The Kier molecular flexibility index (Phi) is 5.32. The number of nitrogens with one attached hydrogen (secondary N) is 2. The quantitative estimate of drug-likeness (QED) is 0.716. The average molecular weight is 430 g/mol. The summed E-state index contributed by atoms with van der Waals surface area (Å²) in [5.41, 5.74) is 0.393. The highest BCUT2D eigenvalue weighted by Crippen LogP contribution is 2.30. The van der Waals surface area contributed by atoms with Crippen LogP contribution in [0.25, 0.3) is 0 Å². The van der Waals surface area contributed by atoms with Crippen molar-refractivity contribution in [3.05, 3.63) is 70.2 Å². The molecule has 0 bridgehead atoms. The number of rotatable bonds is 5. The number of hydrogen-bond donors (Lipinski definition) is 2. The summed E-state index contributed by atoms with van der Waals surface area (Å²) in [4.78, 5) is 38.6. The zero-order valence-corrected chi connectivity index (χ0v) is 16.6. The highest BCUT2D eigenvalue weighted by Gasteiger charge is 2.49. The smallest absolute Gasteiger partial charge is 0.325 e. The molecular weight excluding hydrogens is 410 g/mol. The second-order valence-corrected chi connectivity index (χ2v) is 7.57. The van der Waals surface area contributed by atoms with E-state index >= 15 is 0 Å². The van der Waals surface area contributed by atoms with Gasteiger partial charge in [-0.05, 0) is 37.1 Å². The van der Waals surface area contributed by atoms with Gasteiger partial charge < -0.3 is 10.6 Å². The summed E-state index contributed by atoms with van der Waals surface area (Å²) >= 11 is 3.37. The second kappa shape index (κ2) is 7.52. The van der Waals surface area contributed by atoms with E-state index in [0.29, 0.717) is 5.56 Å². The third kappa shape index (κ3) is 3.88. The molecule has 1 aliphatic heterocycles. The first kappa shape index (κ1) is 19.1. The summed E-state index contributed by atoms with van der Waals surface area (Å²) in [6.45, 7) is 3.16. The van der Waals surface area contributed by atoms with Crippen LogP contribution in [-0.4, -0.2) is 29.3 Å². The predicted molar refractivity (Wildman–Crippen MR) is 105 cm³/mol. The number of amides is 4. The van der Waals surface area contributed by atoms with Crippen molar-refractivity contribution in [3.8, 4) is 0 Å². The standard InChI is InChI=1S/C20H20BrN3O3/c1-13(14-7-4-3-5-8-14)22-17(25)12-24-18(26)20(2,23-19(24)27)15-9-6-10-16(21)11-15/h3-11,13H,12H2,1-2H3,(H,22,25)(H,23,27)/t13-,20-/m1/s1. The minimum atomic E-state index is -1.20. The van der Waals surface area contributed by atoms with Gasteiger partial charge in [0.2, 0.25) is 5.91 Å². The van der Waals surface area contributed by atoms with E-state index in [1.54, 1.807) is 25.1 Å². The molecule has 140 valence electrons. The number of carbonyl (C=O) groups is 3. The van der Waals surface area contributed by atoms with Crippen LogP contribution in [0.2, 0.25) is 0 Å². The molecule has 27 heavy (non-hydrogen) atoms. The zero-order valence-electron chi connectivity index (χ0n) is 15.0. The predicted octanol–water partition coefficient (Wildman–Crippen LogP) is 3.09. The fourth-order valence-corrected chi connectivity index (χ4v) is 3.49. The first-order valence-corrected chi connectivity index (χ1v) is 9.35. The Morgan fingerprint density at radius 2 is 1.89 bits per heavy atom. The molecule has 4 amide bonds. The van der Waals surface area contributed by atoms with Crippen LogP contribution in [0.3, 0.4) is 0 Å². The van der Waals surface area contributed by atoms with Crippen LogP contribution in [0.1, 0.15) is 31.0 Å². The van der Waals surface area contributed by atoms with E-state index in [1.165, 1.54) is 0 Å². The van der Waals surface area contributed by atoms with E-state index in [9.17, 15) is 14.4 Å². The maximum Gasteiger partial charge on any atom is 0.325 e. The molecular formula is C20H20BrN3O3. The molecule has 0 unspecified atom stereocenters. The molecule has 1 heterocycles. The number of imide groups is 1. The Bertz CT molecular complexity index is 887. The van der Waals surface area contributed by atoms with E-state index < -0.39 is 23.4 Å². The van der Waals surface area contributed by atoms with E-state index in [-0.39, 0.29) is 12.6 Å². The molecule has 0 radical (unpaired) electrons. The van der Waals surface area contributed by atoms with Crippen LogP contribution in [0.4, 0.5) is 4.79 Å². The molecule has 0 aromatic heterocycles. The van der Waals surface area contributed by atoms with Crippen molar-refractivity contribution < 1.29 is 14.4 Å². The lowest BCUT2D eigenvalue weighted by Gasteiger charge is -2.22. The molecule has 1 fully saturated rings. The van der Waals surface area contributed by atoms with Gasteiger partial charge in [-0.2, -0.15) is 0 Å². The highest BCUT2D eigenvalue weighted by molar-refractivity contribution is 9.10. The second-order valence-electron chi connectivity index (χ2n) is 6.66. The van der Waals surface area contributed by atoms with E-state index in [4.69, 9.17) is 0 Å². The van der Waals surface area contributed by atoms with Crippen LogP contribution < -0.4 is 10.6 Å². The largest absolute Gasteiger partial charge is 0.348 e. The fraction of sp³-hybridized carbons (Fsp3) is 0.250. The highest BCUT2D eigenvalue weighted by atomic mass is 79.9. The lowest BCUT2D eigenvalue weighted by molar-refractivity contribution is -0.135. The maximum atomic E-state index is 12.9. The van der Waals surface area contributed by atoms with Crippen LogP contribution in [0.5, 0.6) is 0 Å². The Morgan fingerprint density at radius 3 is 2.56 bits per heavy atom. The van der Waals surface area contributed by atoms with E-state index in [2.05, 4.69) is 26.6 Å². The van der Waals surface area contributed by atoms with Crippen molar-refractivity contribution in [1.29, 1.82) is 0 Å². The van der Waals surface area contributed by atoms with Gasteiger partial charge in [-0.3, -0.25) is 14.5 Å². The van der Waals surface area contributed by atoms with E-state index in [1.807, 2.05) is 43.3 Å². The summed E-state index contributed by atoms with van der Waals surface area (Å²) in [7, 11) is 0. The maximum absolute atomic E-state index is 12.9. The lowest BCUT2D eigenvalue weighted by atomic mass is 9.92.